The fraction of sp³-hybridized carbons (Fsp3) is 0.412. The molecule has 1 aliphatic heterocycles. The van der Waals surface area contributed by atoms with Crippen molar-refractivity contribution in [2.24, 2.45) is 0 Å². The fourth-order valence-corrected chi connectivity index (χ4v) is 3.12. The zero-order valence-corrected chi connectivity index (χ0v) is 12.5. The minimum absolute atomic E-state index is 0.465. The Morgan fingerprint density at radius 2 is 1.95 bits per heavy atom. The van der Waals surface area contributed by atoms with E-state index in [1.165, 1.54) is 19.3 Å². The Labute approximate surface area is 125 Å². The van der Waals surface area contributed by atoms with Crippen molar-refractivity contribution in [2.75, 3.05) is 5.43 Å². The van der Waals surface area contributed by atoms with Gasteiger partial charge in [0.05, 0.1) is 16.8 Å². The molecule has 108 valence electrons. The van der Waals surface area contributed by atoms with Crippen LogP contribution in [0.5, 0.6) is 0 Å². The van der Waals surface area contributed by atoms with E-state index in [1.807, 2.05) is 24.3 Å². The zero-order valence-electron chi connectivity index (χ0n) is 12.5. The van der Waals surface area contributed by atoms with E-state index in [0.717, 1.165) is 16.6 Å². The van der Waals surface area contributed by atoms with Crippen LogP contribution in [0.2, 0.25) is 0 Å². The van der Waals surface area contributed by atoms with Crippen LogP contribution >= 0.6 is 0 Å². The molecule has 1 aliphatic rings. The van der Waals surface area contributed by atoms with E-state index in [1.54, 1.807) is 6.20 Å². The third-order valence-electron chi connectivity index (χ3n) is 4.33. The largest absolute Gasteiger partial charge is 0.316 e. The summed E-state index contributed by atoms with van der Waals surface area (Å²) >= 11 is 0. The zero-order chi connectivity index (χ0) is 14.8. The number of nitriles is 1. The predicted molar refractivity (Wildman–Crippen MR) is 84.7 cm³/mol. The van der Waals surface area contributed by atoms with E-state index in [-0.39, 0.29) is 0 Å². The summed E-state index contributed by atoms with van der Waals surface area (Å²) < 4.78 is 0. The van der Waals surface area contributed by atoms with Gasteiger partial charge in [0.1, 0.15) is 6.07 Å². The Morgan fingerprint density at radius 3 is 2.67 bits per heavy atom. The van der Waals surface area contributed by atoms with Crippen molar-refractivity contribution < 1.29 is 0 Å². The highest BCUT2D eigenvalue weighted by Gasteiger charge is 2.25. The van der Waals surface area contributed by atoms with Crippen molar-refractivity contribution in [3.05, 3.63) is 36.0 Å². The molecule has 2 heterocycles. The second kappa shape index (κ2) is 5.71. The number of hydrogen-bond acceptors (Lipinski definition) is 4. The van der Waals surface area contributed by atoms with Gasteiger partial charge in [0.15, 0.2) is 0 Å². The maximum atomic E-state index is 9.39. The number of hydrazine groups is 1. The Morgan fingerprint density at radius 1 is 1.24 bits per heavy atom. The number of anilines is 1. The number of fused-ring (bicyclic) bond motifs is 1. The Balaban J connectivity index is 2.04. The SMILES string of the molecule is CC1CCCC(C)N1Nc1c(C#N)cnc2ccccc12. The van der Waals surface area contributed by atoms with Gasteiger partial charge in [0.2, 0.25) is 0 Å². The third-order valence-corrected chi connectivity index (χ3v) is 4.33. The van der Waals surface area contributed by atoms with Crippen LogP contribution < -0.4 is 5.43 Å². The molecule has 21 heavy (non-hydrogen) atoms. The standard InChI is InChI=1S/C17H20N4/c1-12-6-5-7-13(2)21(12)20-17-14(10-18)11-19-16-9-4-3-8-15(16)17/h3-4,8-9,11-13H,5-7H2,1-2H3,(H,19,20). The van der Waals surface area contributed by atoms with Gasteiger partial charge in [0, 0.05) is 23.7 Å². The molecule has 0 saturated carbocycles. The van der Waals surface area contributed by atoms with Crippen molar-refractivity contribution in [3.8, 4) is 6.07 Å². The highest BCUT2D eigenvalue weighted by molar-refractivity contribution is 5.93. The van der Waals surface area contributed by atoms with Gasteiger partial charge in [-0.1, -0.05) is 24.6 Å². The van der Waals surface area contributed by atoms with Gasteiger partial charge in [-0.2, -0.15) is 5.26 Å². The molecule has 2 unspecified atom stereocenters. The number of para-hydroxylation sites is 1. The van der Waals surface area contributed by atoms with Gasteiger partial charge in [-0.3, -0.25) is 4.98 Å². The van der Waals surface area contributed by atoms with Crippen LogP contribution in [0.4, 0.5) is 5.69 Å². The molecular formula is C17H20N4. The van der Waals surface area contributed by atoms with Crippen LogP contribution in [-0.2, 0) is 0 Å². The number of hydrogen-bond donors (Lipinski definition) is 1. The second-order valence-electron chi connectivity index (χ2n) is 5.82. The van der Waals surface area contributed by atoms with E-state index >= 15 is 0 Å². The lowest BCUT2D eigenvalue weighted by Crippen LogP contribution is -2.47. The normalized spacial score (nSPS) is 22.9. The quantitative estimate of drug-likeness (QED) is 0.911. The molecule has 0 amide bonds. The lowest BCUT2D eigenvalue weighted by molar-refractivity contribution is 0.136. The van der Waals surface area contributed by atoms with Gasteiger partial charge in [-0.25, -0.2) is 5.01 Å². The van der Waals surface area contributed by atoms with E-state index < -0.39 is 0 Å². The number of pyridine rings is 1. The molecule has 0 bridgehead atoms. The van der Waals surface area contributed by atoms with Gasteiger partial charge >= 0.3 is 0 Å². The topological polar surface area (TPSA) is 52.0 Å². The monoisotopic (exact) mass is 280 g/mol. The van der Waals surface area contributed by atoms with Gasteiger partial charge in [-0.15, -0.1) is 0 Å². The highest BCUT2D eigenvalue weighted by Crippen LogP contribution is 2.29. The van der Waals surface area contributed by atoms with Crippen LogP contribution in [0, 0.1) is 11.3 Å². The number of nitrogens with one attached hydrogen (secondary N) is 1. The van der Waals surface area contributed by atoms with E-state index in [2.05, 4.69) is 35.3 Å². The summed E-state index contributed by atoms with van der Waals surface area (Å²) in [5, 5.41) is 12.7. The smallest absolute Gasteiger partial charge is 0.103 e. The molecule has 2 aromatic rings. The first-order valence-corrected chi connectivity index (χ1v) is 7.53. The average molecular weight is 280 g/mol. The molecule has 0 spiro atoms. The lowest BCUT2D eigenvalue weighted by atomic mass is 9.99. The molecule has 2 atom stereocenters. The summed E-state index contributed by atoms with van der Waals surface area (Å²) in [4.78, 5) is 4.36. The molecule has 3 rings (SSSR count). The van der Waals surface area contributed by atoms with Gasteiger partial charge in [-0.05, 0) is 32.8 Å². The van der Waals surface area contributed by atoms with Crippen molar-refractivity contribution in [1.82, 2.24) is 9.99 Å². The number of benzene rings is 1. The molecule has 1 aromatic carbocycles. The highest BCUT2D eigenvalue weighted by atomic mass is 15.5. The van der Waals surface area contributed by atoms with E-state index in [0.29, 0.717) is 17.6 Å². The summed E-state index contributed by atoms with van der Waals surface area (Å²) in [7, 11) is 0. The van der Waals surface area contributed by atoms with Crippen LogP contribution in [0.1, 0.15) is 38.7 Å². The van der Waals surface area contributed by atoms with Crippen molar-refractivity contribution in [2.45, 2.75) is 45.2 Å². The summed E-state index contributed by atoms with van der Waals surface area (Å²) in [5.74, 6) is 0. The molecular weight excluding hydrogens is 260 g/mol. The molecule has 1 saturated heterocycles. The summed E-state index contributed by atoms with van der Waals surface area (Å²) in [5.41, 5.74) is 5.90. The minimum Gasteiger partial charge on any atom is -0.316 e. The first-order chi connectivity index (χ1) is 10.2. The number of aromatic nitrogens is 1. The summed E-state index contributed by atoms with van der Waals surface area (Å²) in [6.45, 7) is 4.47. The van der Waals surface area contributed by atoms with Crippen molar-refractivity contribution >= 4 is 16.6 Å². The third kappa shape index (κ3) is 2.57. The number of piperidine rings is 1. The number of nitrogens with zero attached hydrogens (tertiary/aromatic N) is 3. The molecule has 1 N–H and O–H groups in total. The summed E-state index contributed by atoms with van der Waals surface area (Å²) in [6.07, 6.45) is 5.29. The van der Waals surface area contributed by atoms with Crippen LogP contribution in [0.15, 0.2) is 30.5 Å². The molecule has 1 aromatic heterocycles. The summed E-state index contributed by atoms with van der Waals surface area (Å²) in [6, 6.07) is 11.1. The van der Waals surface area contributed by atoms with Crippen LogP contribution in [-0.4, -0.2) is 22.1 Å². The molecule has 4 heteroatoms. The number of rotatable bonds is 2. The maximum Gasteiger partial charge on any atom is 0.103 e. The van der Waals surface area contributed by atoms with Crippen molar-refractivity contribution in [3.63, 3.8) is 0 Å². The fourth-order valence-electron chi connectivity index (χ4n) is 3.12. The molecule has 0 radical (unpaired) electrons. The first kappa shape index (κ1) is 13.8. The molecule has 0 aliphatic carbocycles. The van der Waals surface area contributed by atoms with E-state index in [9.17, 15) is 5.26 Å². The van der Waals surface area contributed by atoms with E-state index in [4.69, 9.17) is 0 Å². The predicted octanol–water partition coefficient (Wildman–Crippen LogP) is 3.70. The Bertz CT molecular complexity index is 679. The van der Waals surface area contributed by atoms with Crippen LogP contribution in [0.3, 0.4) is 0 Å². The Hall–Kier alpha value is -2.12. The van der Waals surface area contributed by atoms with Gasteiger partial charge < -0.3 is 5.43 Å². The molecule has 1 fully saturated rings. The maximum absolute atomic E-state index is 9.39. The average Bonchev–Trinajstić information content (AvgIpc) is 2.51. The van der Waals surface area contributed by atoms with Gasteiger partial charge in [0.25, 0.3) is 0 Å². The Kier molecular flexibility index (Phi) is 3.76. The van der Waals surface area contributed by atoms with Crippen molar-refractivity contribution in [1.29, 1.82) is 5.26 Å². The first-order valence-electron chi connectivity index (χ1n) is 7.53. The lowest BCUT2D eigenvalue weighted by Gasteiger charge is -2.39. The minimum atomic E-state index is 0.465. The molecule has 4 nitrogen and oxygen atoms in total. The van der Waals surface area contributed by atoms with Crippen LogP contribution in [0.25, 0.3) is 10.9 Å². The second-order valence-corrected chi connectivity index (χ2v) is 5.82.